The summed E-state index contributed by atoms with van der Waals surface area (Å²) >= 11 is 0. The summed E-state index contributed by atoms with van der Waals surface area (Å²) < 4.78 is 30.9. The Hall–Kier alpha value is -3.54. The number of ether oxygens (including phenoxy) is 6. The van der Waals surface area contributed by atoms with Crippen LogP contribution in [-0.4, -0.2) is 60.5 Å². The van der Waals surface area contributed by atoms with Gasteiger partial charge in [0, 0.05) is 5.92 Å². The number of nitrogens with two attached hydrogens (primary N) is 1. The number of hydrogen-bond acceptors (Lipinski definition) is 11. The number of rotatable bonds is 14. The second-order valence-corrected chi connectivity index (χ2v) is 9.21. The smallest absolute Gasteiger partial charge is 0.480 e. The molecule has 38 heavy (non-hydrogen) atoms. The summed E-state index contributed by atoms with van der Waals surface area (Å²) in [5.41, 5.74) is 5.57. The molecule has 2 unspecified atom stereocenters. The minimum absolute atomic E-state index is 0.00636. The molecule has 12 heteroatoms. The molecule has 1 aromatic carbocycles. The van der Waals surface area contributed by atoms with Crippen LogP contribution in [0.1, 0.15) is 78.7 Å². The molecule has 0 fully saturated rings. The van der Waals surface area contributed by atoms with Crippen LogP contribution in [0.3, 0.4) is 0 Å². The highest BCUT2D eigenvalue weighted by Gasteiger charge is 2.31. The van der Waals surface area contributed by atoms with Crippen LogP contribution in [0.4, 0.5) is 14.4 Å². The highest BCUT2D eigenvalue weighted by molar-refractivity contribution is 5.75. The van der Waals surface area contributed by atoms with Gasteiger partial charge in [0.05, 0.1) is 13.2 Å². The number of carboxylic acids is 1. The van der Waals surface area contributed by atoms with Gasteiger partial charge in [0.2, 0.25) is 0 Å². The Bertz CT molecular complexity index is 947. The molecular formula is C26H39NO11. The minimum atomic E-state index is -1.41. The molecule has 0 spiro atoms. The van der Waals surface area contributed by atoms with Gasteiger partial charge in [-0.1, -0.05) is 26.8 Å². The highest BCUT2D eigenvalue weighted by atomic mass is 16.7. The zero-order valence-electron chi connectivity index (χ0n) is 22.8. The summed E-state index contributed by atoms with van der Waals surface area (Å²) in [6, 6.07) is 2.68. The third-order valence-corrected chi connectivity index (χ3v) is 5.44. The molecule has 12 nitrogen and oxygen atoms in total. The third kappa shape index (κ3) is 11.2. The van der Waals surface area contributed by atoms with Gasteiger partial charge in [-0.3, -0.25) is 4.79 Å². The molecule has 0 radical (unpaired) electrons. The lowest BCUT2D eigenvalue weighted by Crippen LogP contribution is -2.38. The van der Waals surface area contributed by atoms with E-state index >= 15 is 0 Å². The molecule has 0 saturated heterocycles. The Morgan fingerprint density at radius 2 is 1.47 bits per heavy atom. The van der Waals surface area contributed by atoms with E-state index in [-0.39, 0.29) is 31.1 Å². The second kappa shape index (κ2) is 15.7. The molecule has 0 saturated carbocycles. The Kier molecular flexibility index (Phi) is 13.4. The van der Waals surface area contributed by atoms with Gasteiger partial charge in [-0.2, -0.15) is 0 Å². The van der Waals surface area contributed by atoms with Gasteiger partial charge in [0.1, 0.15) is 17.7 Å². The van der Waals surface area contributed by atoms with E-state index in [2.05, 4.69) is 0 Å². The van der Waals surface area contributed by atoms with Crippen molar-refractivity contribution in [2.45, 2.75) is 90.9 Å². The van der Waals surface area contributed by atoms with Crippen molar-refractivity contribution in [3.63, 3.8) is 0 Å². The van der Waals surface area contributed by atoms with Gasteiger partial charge < -0.3 is 39.3 Å². The lowest BCUT2D eigenvalue weighted by molar-refractivity contribution is -0.139. The topological polar surface area (TPSA) is 170 Å². The van der Waals surface area contributed by atoms with Crippen molar-refractivity contribution in [1.29, 1.82) is 0 Å². The number of carbonyl (C=O) groups is 4. The number of carbonyl (C=O) groups excluding carboxylic acids is 3. The van der Waals surface area contributed by atoms with E-state index in [9.17, 15) is 24.3 Å². The molecule has 0 bridgehead atoms. The van der Waals surface area contributed by atoms with Gasteiger partial charge in [0.25, 0.3) is 0 Å². The zero-order valence-corrected chi connectivity index (χ0v) is 22.8. The Morgan fingerprint density at radius 3 is 1.97 bits per heavy atom. The summed E-state index contributed by atoms with van der Waals surface area (Å²) in [7, 11) is 0. The fraction of sp³-hybridized carbons (Fsp3) is 0.615. The van der Waals surface area contributed by atoms with Gasteiger partial charge >= 0.3 is 24.4 Å². The van der Waals surface area contributed by atoms with Crippen molar-refractivity contribution in [2.75, 3.05) is 13.2 Å². The lowest BCUT2D eigenvalue weighted by atomic mass is 9.87. The molecule has 1 aromatic rings. The molecule has 0 aliphatic rings. The van der Waals surface area contributed by atoms with Crippen molar-refractivity contribution < 1.29 is 52.7 Å². The van der Waals surface area contributed by atoms with Crippen LogP contribution in [0.5, 0.6) is 11.5 Å². The second-order valence-electron chi connectivity index (χ2n) is 9.21. The van der Waals surface area contributed by atoms with Crippen LogP contribution in [0.15, 0.2) is 18.2 Å². The standard InChI is InChI=1S/C26H39NO11/c1-7-12-33-23(30)36-19-11-10-17(15-20(19)37-24(31)34-13-8-2)18(21(27)22(28)29)14-16(4)35-25(32)38-26(5,6)9-3/h10-11,15-16,18,21H,7-9,12-14,27H2,1-6H3,(H,28,29)/t16?,18?,21-/m0/s1. The molecular weight excluding hydrogens is 502 g/mol. The summed E-state index contributed by atoms with van der Waals surface area (Å²) in [6.45, 7) is 10.7. The Labute approximate surface area is 222 Å². The van der Waals surface area contributed by atoms with E-state index in [1.54, 1.807) is 34.6 Å². The normalized spacial score (nSPS) is 13.4. The van der Waals surface area contributed by atoms with Crippen LogP contribution >= 0.6 is 0 Å². The van der Waals surface area contributed by atoms with Gasteiger partial charge in [-0.15, -0.1) is 0 Å². The monoisotopic (exact) mass is 541 g/mol. The maximum absolute atomic E-state index is 12.2. The summed E-state index contributed by atoms with van der Waals surface area (Å²) in [6.07, 6.45) is -2.07. The molecule has 0 aromatic heterocycles. The van der Waals surface area contributed by atoms with E-state index in [1.807, 2.05) is 6.92 Å². The van der Waals surface area contributed by atoms with E-state index in [4.69, 9.17) is 34.2 Å². The first-order valence-corrected chi connectivity index (χ1v) is 12.5. The average Bonchev–Trinajstić information content (AvgIpc) is 2.84. The molecule has 0 amide bonds. The largest absolute Gasteiger partial charge is 0.513 e. The molecule has 0 heterocycles. The van der Waals surface area contributed by atoms with Crippen LogP contribution in [0.25, 0.3) is 0 Å². The first kappa shape index (κ1) is 32.5. The van der Waals surface area contributed by atoms with E-state index in [0.29, 0.717) is 24.8 Å². The zero-order chi connectivity index (χ0) is 28.9. The van der Waals surface area contributed by atoms with Crippen LogP contribution in [-0.2, 0) is 23.7 Å². The summed E-state index contributed by atoms with van der Waals surface area (Å²) in [4.78, 5) is 48.1. The minimum Gasteiger partial charge on any atom is -0.480 e. The predicted octanol–water partition coefficient (Wildman–Crippen LogP) is 5.15. The Morgan fingerprint density at radius 1 is 0.921 bits per heavy atom. The van der Waals surface area contributed by atoms with Crippen molar-refractivity contribution in [2.24, 2.45) is 5.73 Å². The maximum Gasteiger partial charge on any atom is 0.513 e. The fourth-order valence-corrected chi connectivity index (χ4v) is 3.08. The van der Waals surface area contributed by atoms with Crippen molar-refractivity contribution in [1.82, 2.24) is 0 Å². The van der Waals surface area contributed by atoms with Crippen LogP contribution in [0, 0.1) is 0 Å². The number of carboxylic acid groups (broad SMARTS) is 1. The number of hydrogen-bond donors (Lipinski definition) is 2. The van der Waals surface area contributed by atoms with Gasteiger partial charge in [-0.25, -0.2) is 14.4 Å². The molecule has 1 rings (SSSR count). The van der Waals surface area contributed by atoms with Crippen molar-refractivity contribution >= 4 is 24.4 Å². The predicted molar refractivity (Wildman–Crippen MR) is 135 cm³/mol. The quantitative estimate of drug-likeness (QED) is 0.180. The SMILES string of the molecule is CCCOC(=O)Oc1ccc(C(CC(C)OC(=O)OC(C)(C)CC)[C@H](N)C(=O)O)cc1OC(=O)OCCC. The lowest BCUT2D eigenvalue weighted by Gasteiger charge is -2.27. The molecule has 214 valence electrons. The van der Waals surface area contributed by atoms with Crippen molar-refractivity contribution in [3.8, 4) is 11.5 Å². The first-order valence-electron chi connectivity index (χ1n) is 12.5. The maximum atomic E-state index is 12.2. The van der Waals surface area contributed by atoms with Crippen LogP contribution < -0.4 is 15.2 Å². The third-order valence-electron chi connectivity index (χ3n) is 5.44. The van der Waals surface area contributed by atoms with Gasteiger partial charge in [-0.05, 0) is 64.2 Å². The van der Waals surface area contributed by atoms with E-state index in [1.165, 1.54) is 18.2 Å². The highest BCUT2D eigenvalue weighted by Crippen LogP contribution is 2.35. The fourth-order valence-electron chi connectivity index (χ4n) is 3.08. The van der Waals surface area contributed by atoms with E-state index < -0.39 is 48.1 Å². The average molecular weight is 542 g/mol. The number of benzene rings is 1. The molecule has 3 N–H and O–H groups in total. The van der Waals surface area contributed by atoms with Crippen molar-refractivity contribution in [3.05, 3.63) is 23.8 Å². The summed E-state index contributed by atoms with van der Waals surface area (Å²) in [5.74, 6) is -2.56. The molecule has 3 atom stereocenters. The Balaban J connectivity index is 3.27. The summed E-state index contributed by atoms with van der Waals surface area (Å²) in [5, 5.41) is 9.61. The van der Waals surface area contributed by atoms with E-state index in [0.717, 1.165) is 0 Å². The molecule has 0 aliphatic carbocycles. The van der Waals surface area contributed by atoms with Crippen LogP contribution in [0.2, 0.25) is 0 Å². The first-order chi connectivity index (χ1) is 17.8. The number of aliphatic carboxylic acids is 1. The molecule has 0 aliphatic heterocycles. The van der Waals surface area contributed by atoms with Gasteiger partial charge in [0.15, 0.2) is 11.5 Å².